The first-order valence-electron chi connectivity index (χ1n) is 8.62. The van der Waals surface area contributed by atoms with Crippen LogP contribution >= 0.6 is 0 Å². The Morgan fingerprint density at radius 3 is 2.70 bits per heavy atom. The van der Waals surface area contributed by atoms with Crippen molar-refractivity contribution in [3.63, 3.8) is 0 Å². The summed E-state index contributed by atoms with van der Waals surface area (Å²) < 4.78 is 15.3. The molecule has 0 aliphatic carbocycles. The van der Waals surface area contributed by atoms with Crippen molar-refractivity contribution in [2.75, 3.05) is 18.4 Å². The number of hydrogen-bond donors (Lipinski definition) is 2. The van der Waals surface area contributed by atoms with Gasteiger partial charge in [-0.1, -0.05) is 18.2 Å². The molecule has 0 radical (unpaired) electrons. The van der Waals surface area contributed by atoms with Crippen LogP contribution in [0.15, 0.2) is 42.7 Å². The van der Waals surface area contributed by atoms with Gasteiger partial charge in [0, 0.05) is 24.8 Å². The number of anilines is 1. The van der Waals surface area contributed by atoms with Crippen molar-refractivity contribution in [3.8, 4) is 5.82 Å². The zero-order chi connectivity index (χ0) is 19.2. The van der Waals surface area contributed by atoms with E-state index in [2.05, 4.69) is 25.7 Å². The minimum atomic E-state index is -0.372. The van der Waals surface area contributed by atoms with E-state index in [-0.39, 0.29) is 18.1 Å². The molecule has 0 aliphatic heterocycles. The molecule has 0 bridgehead atoms. The van der Waals surface area contributed by atoms with Crippen LogP contribution in [-0.4, -0.2) is 38.7 Å². The number of benzene rings is 1. The summed E-state index contributed by atoms with van der Waals surface area (Å²) in [6.45, 7) is 4.76. The number of rotatable bonds is 7. The number of aromatic nitrogens is 4. The lowest BCUT2D eigenvalue weighted by Crippen LogP contribution is -2.30. The summed E-state index contributed by atoms with van der Waals surface area (Å²) in [6.07, 6.45) is 1.48. The highest BCUT2D eigenvalue weighted by Crippen LogP contribution is 2.12. The van der Waals surface area contributed by atoms with Gasteiger partial charge in [0.2, 0.25) is 5.91 Å². The molecule has 1 aromatic carbocycles. The highest BCUT2D eigenvalue weighted by Gasteiger charge is 2.08. The Labute approximate surface area is 156 Å². The highest BCUT2D eigenvalue weighted by molar-refractivity contribution is 5.78. The van der Waals surface area contributed by atoms with Crippen molar-refractivity contribution in [1.82, 2.24) is 25.1 Å². The summed E-state index contributed by atoms with van der Waals surface area (Å²) in [4.78, 5) is 20.3. The Kier molecular flexibility index (Phi) is 5.75. The molecule has 2 heterocycles. The summed E-state index contributed by atoms with van der Waals surface area (Å²) in [7, 11) is 0. The van der Waals surface area contributed by atoms with Crippen LogP contribution in [0.2, 0.25) is 0 Å². The van der Waals surface area contributed by atoms with E-state index in [4.69, 9.17) is 0 Å². The smallest absolute Gasteiger partial charge is 0.224 e. The third kappa shape index (κ3) is 4.87. The maximum atomic E-state index is 13.6. The molecular formula is C19H21FN6O. The van der Waals surface area contributed by atoms with Gasteiger partial charge in [-0.05, 0) is 31.5 Å². The summed E-state index contributed by atoms with van der Waals surface area (Å²) in [5.74, 6) is 0.703. The molecule has 0 saturated carbocycles. The van der Waals surface area contributed by atoms with Gasteiger partial charge in [-0.2, -0.15) is 5.10 Å². The standard InChI is InChI=1S/C19H21FN6O/c1-13-9-14(2)26(25-13)18-11-17(23-12-24-18)21-7-8-22-19(27)10-15-5-3-4-6-16(15)20/h3-6,9,11-12H,7-8,10H2,1-2H3,(H,22,27)(H,21,23,24). The van der Waals surface area contributed by atoms with Crippen molar-refractivity contribution < 1.29 is 9.18 Å². The summed E-state index contributed by atoms with van der Waals surface area (Å²) in [5.41, 5.74) is 2.28. The SMILES string of the molecule is Cc1cc(C)n(-c2cc(NCCNC(=O)Cc3ccccc3F)ncn2)n1. The van der Waals surface area contributed by atoms with E-state index in [9.17, 15) is 9.18 Å². The molecule has 8 heteroatoms. The number of nitrogens with one attached hydrogen (secondary N) is 2. The molecule has 0 saturated heterocycles. The van der Waals surface area contributed by atoms with Crippen LogP contribution < -0.4 is 10.6 Å². The third-order valence-electron chi connectivity index (χ3n) is 3.94. The molecule has 0 atom stereocenters. The van der Waals surface area contributed by atoms with E-state index in [1.54, 1.807) is 28.9 Å². The zero-order valence-corrected chi connectivity index (χ0v) is 15.2. The van der Waals surface area contributed by atoms with Crippen LogP contribution in [0.25, 0.3) is 5.82 Å². The predicted octanol–water partition coefficient (Wildman–Crippen LogP) is 2.19. The number of amides is 1. The quantitative estimate of drug-likeness (QED) is 0.625. The van der Waals surface area contributed by atoms with Crippen LogP contribution in [0.1, 0.15) is 17.0 Å². The third-order valence-corrected chi connectivity index (χ3v) is 3.94. The van der Waals surface area contributed by atoms with Gasteiger partial charge in [0.25, 0.3) is 0 Å². The Morgan fingerprint density at radius 2 is 1.96 bits per heavy atom. The fourth-order valence-corrected chi connectivity index (χ4v) is 2.69. The van der Waals surface area contributed by atoms with Crippen molar-refractivity contribution in [1.29, 1.82) is 0 Å². The van der Waals surface area contributed by atoms with Crippen LogP contribution in [0, 0.1) is 19.7 Å². The van der Waals surface area contributed by atoms with Crippen molar-refractivity contribution in [2.45, 2.75) is 20.3 Å². The van der Waals surface area contributed by atoms with Gasteiger partial charge in [0.1, 0.15) is 18.0 Å². The Morgan fingerprint density at radius 1 is 1.15 bits per heavy atom. The second-order valence-corrected chi connectivity index (χ2v) is 6.15. The topological polar surface area (TPSA) is 84.7 Å². The average molecular weight is 368 g/mol. The van der Waals surface area contributed by atoms with E-state index in [0.29, 0.717) is 30.3 Å². The molecule has 0 unspecified atom stereocenters. The lowest BCUT2D eigenvalue weighted by atomic mass is 10.1. The molecule has 7 nitrogen and oxygen atoms in total. The predicted molar refractivity (Wildman–Crippen MR) is 100 cm³/mol. The number of carbonyl (C=O) groups excluding carboxylic acids is 1. The maximum Gasteiger partial charge on any atom is 0.224 e. The zero-order valence-electron chi connectivity index (χ0n) is 15.2. The summed E-state index contributed by atoms with van der Waals surface area (Å²) in [6, 6.07) is 10.0. The molecule has 2 N–H and O–H groups in total. The lowest BCUT2D eigenvalue weighted by Gasteiger charge is -2.09. The van der Waals surface area contributed by atoms with Crippen LogP contribution in [0.5, 0.6) is 0 Å². The number of carbonyl (C=O) groups is 1. The first-order chi connectivity index (χ1) is 13.0. The van der Waals surface area contributed by atoms with Crippen LogP contribution in [0.4, 0.5) is 10.2 Å². The van der Waals surface area contributed by atoms with Crippen molar-refractivity contribution in [3.05, 3.63) is 65.5 Å². The largest absolute Gasteiger partial charge is 0.368 e. The van der Waals surface area contributed by atoms with Gasteiger partial charge >= 0.3 is 0 Å². The van der Waals surface area contributed by atoms with E-state index >= 15 is 0 Å². The van der Waals surface area contributed by atoms with E-state index in [1.807, 2.05) is 19.9 Å². The van der Waals surface area contributed by atoms with E-state index in [1.165, 1.54) is 12.4 Å². The van der Waals surface area contributed by atoms with Crippen molar-refractivity contribution >= 4 is 11.7 Å². The monoisotopic (exact) mass is 368 g/mol. The minimum absolute atomic E-state index is 0.0161. The second-order valence-electron chi connectivity index (χ2n) is 6.15. The molecule has 140 valence electrons. The fraction of sp³-hybridized carbons (Fsp3) is 0.263. The molecule has 0 fully saturated rings. The summed E-state index contributed by atoms with van der Waals surface area (Å²) >= 11 is 0. The first-order valence-corrected chi connectivity index (χ1v) is 8.62. The second kappa shape index (κ2) is 8.39. The molecule has 1 amide bonds. The maximum absolute atomic E-state index is 13.6. The molecule has 3 rings (SSSR count). The number of halogens is 1. The minimum Gasteiger partial charge on any atom is -0.368 e. The highest BCUT2D eigenvalue weighted by atomic mass is 19.1. The van der Waals surface area contributed by atoms with Gasteiger partial charge in [0.15, 0.2) is 5.82 Å². The van der Waals surface area contributed by atoms with Gasteiger partial charge < -0.3 is 10.6 Å². The normalized spacial score (nSPS) is 10.6. The Hall–Kier alpha value is -3.29. The molecule has 2 aromatic heterocycles. The number of nitrogens with zero attached hydrogens (tertiary/aromatic N) is 4. The van der Waals surface area contributed by atoms with E-state index in [0.717, 1.165) is 11.4 Å². The molecular weight excluding hydrogens is 347 g/mol. The van der Waals surface area contributed by atoms with E-state index < -0.39 is 0 Å². The summed E-state index contributed by atoms with van der Waals surface area (Å²) in [5, 5.41) is 10.3. The molecule has 0 spiro atoms. The Balaban J connectivity index is 1.49. The molecule has 3 aromatic rings. The molecule has 27 heavy (non-hydrogen) atoms. The van der Waals surface area contributed by atoms with Gasteiger partial charge in [0.05, 0.1) is 12.1 Å². The van der Waals surface area contributed by atoms with Gasteiger partial charge in [-0.15, -0.1) is 0 Å². The Bertz CT molecular complexity index is 939. The fourth-order valence-electron chi connectivity index (χ4n) is 2.69. The van der Waals surface area contributed by atoms with Gasteiger partial charge in [-0.3, -0.25) is 4.79 Å². The number of aryl methyl sites for hydroxylation is 2. The van der Waals surface area contributed by atoms with Gasteiger partial charge in [-0.25, -0.2) is 19.0 Å². The molecule has 0 aliphatic rings. The van der Waals surface area contributed by atoms with Crippen LogP contribution in [0.3, 0.4) is 0 Å². The first kappa shape index (κ1) is 18.5. The number of hydrogen-bond acceptors (Lipinski definition) is 5. The average Bonchev–Trinajstić information content (AvgIpc) is 2.99. The lowest BCUT2D eigenvalue weighted by molar-refractivity contribution is -0.120. The van der Waals surface area contributed by atoms with Crippen LogP contribution in [-0.2, 0) is 11.2 Å². The van der Waals surface area contributed by atoms with Crippen molar-refractivity contribution in [2.24, 2.45) is 0 Å².